The van der Waals surface area contributed by atoms with E-state index in [9.17, 15) is 14.4 Å². The van der Waals surface area contributed by atoms with Crippen LogP contribution in [0.4, 0.5) is 0 Å². The second-order valence-electron chi connectivity index (χ2n) is 9.33. The van der Waals surface area contributed by atoms with Crippen molar-refractivity contribution in [2.24, 2.45) is 0 Å². The van der Waals surface area contributed by atoms with Crippen LogP contribution in [0.15, 0.2) is 84.9 Å². The van der Waals surface area contributed by atoms with E-state index in [4.69, 9.17) is 36.8 Å². The molecule has 3 rings (SSSR count). The van der Waals surface area contributed by atoms with Crippen LogP contribution in [0.25, 0.3) is 10.6 Å². The van der Waals surface area contributed by atoms with E-state index in [2.05, 4.69) is 36.5 Å². The van der Waals surface area contributed by atoms with Crippen molar-refractivity contribution < 1.29 is 39.5 Å². The number of aliphatic carboxylic acids is 3. The van der Waals surface area contributed by atoms with Crippen LogP contribution in [-0.4, -0.2) is 63.6 Å². The number of carboxylic acid groups (broad SMARTS) is 3. The molecule has 10 heteroatoms. The summed E-state index contributed by atoms with van der Waals surface area (Å²) in [5, 5.41) is 37.9. The molecule has 0 amide bonds. The van der Waals surface area contributed by atoms with Gasteiger partial charge in [0, 0.05) is 5.57 Å². The lowest BCUT2D eigenvalue weighted by Crippen LogP contribution is -2.42. The SMILES string of the molecule is CCNCCCCOc1ccc(C(=C(Cl)c2ccccc2)c2ccccc2)cc1.O=C(O)CC(O)(CC(=O)O)C(=O)O. The monoisotopic (exact) mass is 597 g/mol. The third-order valence-corrected chi connectivity index (χ3v) is 6.41. The van der Waals surface area contributed by atoms with Crippen molar-refractivity contribution in [1.29, 1.82) is 0 Å². The molecular formula is C32H36ClNO8. The zero-order valence-corrected chi connectivity index (χ0v) is 24.1. The lowest BCUT2D eigenvalue weighted by Gasteiger charge is -2.18. The Hall–Kier alpha value is -4.18. The molecule has 3 aromatic carbocycles. The molecule has 0 radical (unpaired) electrons. The van der Waals surface area contributed by atoms with Crippen molar-refractivity contribution in [1.82, 2.24) is 5.32 Å². The van der Waals surface area contributed by atoms with E-state index in [1.165, 1.54) is 0 Å². The molecule has 0 aliphatic heterocycles. The standard InChI is InChI=1S/C26H28ClNO.C6H8O7/c1-2-28-19-9-10-20-29-24-17-15-22(16-18-24)25(21-11-5-3-6-12-21)26(27)23-13-7-4-8-14-23;7-3(8)1-6(13,5(11)12)2-4(9)10/h3-8,11-18,28H,2,9-10,19-20H2,1H3;13H,1-2H2,(H,7,8)(H,9,10)(H,11,12). The van der Waals surface area contributed by atoms with Gasteiger partial charge in [-0.2, -0.15) is 0 Å². The molecule has 5 N–H and O–H groups in total. The number of halogens is 1. The van der Waals surface area contributed by atoms with E-state index in [0.29, 0.717) is 0 Å². The van der Waals surface area contributed by atoms with Gasteiger partial charge in [0.15, 0.2) is 5.60 Å². The van der Waals surface area contributed by atoms with Crippen molar-refractivity contribution >= 4 is 40.1 Å². The van der Waals surface area contributed by atoms with Crippen LogP contribution in [0.5, 0.6) is 5.75 Å². The van der Waals surface area contributed by atoms with Crippen LogP contribution in [0.3, 0.4) is 0 Å². The van der Waals surface area contributed by atoms with E-state index in [1.54, 1.807) is 0 Å². The first-order chi connectivity index (χ1) is 20.1. The average Bonchev–Trinajstić information content (AvgIpc) is 2.96. The summed E-state index contributed by atoms with van der Waals surface area (Å²) in [4.78, 5) is 30.5. The first kappa shape index (κ1) is 34.0. The highest BCUT2D eigenvalue weighted by molar-refractivity contribution is 6.53. The molecular weight excluding hydrogens is 562 g/mol. The van der Waals surface area contributed by atoms with Gasteiger partial charge in [-0.3, -0.25) is 9.59 Å². The summed E-state index contributed by atoms with van der Waals surface area (Å²) < 4.78 is 5.89. The minimum absolute atomic E-state index is 0.733. The number of carbonyl (C=O) groups is 3. The third kappa shape index (κ3) is 11.4. The molecule has 0 atom stereocenters. The maximum absolute atomic E-state index is 10.3. The van der Waals surface area contributed by atoms with Gasteiger partial charge in [-0.15, -0.1) is 0 Å². The molecule has 0 bridgehead atoms. The summed E-state index contributed by atoms with van der Waals surface area (Å²) in [6.45, 7) is 4.92. The fourth-order valence-corrected chi connectivity index (χ4v) is 4.25. The van der Waals surface area contributed by atoms with Gasteiger partial charge in [-0.1, -0.05) is 91.3 Å². The average molecular weight is 598 g/mol. The smallest absolute Gasteiger partial charge is 0.336 e. The normalized spacial score (nSPS) is 11.5. The Morgan fingerprint density at radius 2 is 1.26 bits per heavy atom. The molecule has 0 unspecified atom stereocenters. The Balaban J connectivity index is 0.000000401. The highest BCUT2D eigenvalue weighted by Gasteiger charge is 2.40. The van der Waals surface area contributed by atoms with Crippen LogP contribution in [0, 0.1) is 0 Å². The summed E-state index contributed by atoms with van der Waals surface area (Å²) in [5.74, 6) is -4.13. The summed E-state index contributed by atoms with van der Waals surface area (Å²) >= 11 is 6.87. The number of aliphatic hydroxyl groups is 1. The van der Waals surface area contributed by atoms with E-state index in [0.717, 1.165) is 65.6 Å². The minimum atomic E-state index is -2.74. The quantitative estimate of drug-likeness (QED) is 0.115. The van der Waals surface area contributed by atoms with E-state index in [-0.39, 0.29) is 0 Å². The molecule has 0 aliphatic carbocycles. The van der Waals surface area contributed by atoms with Crippen molar-refractivity contribution in [3.05, 3.63) is 102 Å². The highest BCUT2D eigenvalue weighted by atomic mass is 35.5. The Morgan fingerprint density at radius 1 is 0.762 bits per heavy atom. The van der Waals surface area contributed by atoms with Gasteiger partial charge >= 0.3 is 17.9 Å². The van der Waals surface area contributed by atoms with Gasteiger partial charge in [0.25, 0.3) is 0 Å². The van der Waals surface area contributed by atoms with Gasteiger partial charge in [-0.25, -0.2) is 4.79 Å². The van der Waals surface area contributed by atoms with E-state index < -0.39 is 36.4 Å². The Morgan fingerprint density at radius 3 is 1.74 bits per heavy atom. The van der Waals surface area contributed by atoms with E-state index in [1.807, 2.05) is 60.7 Å². The molecule has 0 fully saturated rings. The molecule has 9 nitrogen and oxygen atoms in total. The second kappa shape index (κ2) is 17.6. The number of nitrogens with one attached hydrogen (secondary N) is 1. The summed E-state index contributed by atoms with van der Waals surface area (Å²) in [5.41, 5.74) is 1.46. The molecule has 0 aromatic heterocycles. The van der Waals surface area contributed by atoms with Crippen molar-refractivity contribution in [2.45, 2.75) is 38.2 Å². The zero-order valence-electron chi connectivity index (χ0n) is 23.3. The molecule has 0 saturated heterocycles. The van der Waals surface area contributed by atoms with Crippen LogP contribution in [-0.2, 0) is 14.4 Å². The first-order valence-electron chi connectivity index (χ1n) is 13.4. The molecule has 0 heterocycles. The van der Waals surface area contributed by atoms with Crippen LogP contribution >= 0.6 is 11.6 Å². The number of hydrogen-bond acceptors (Lipinski definition) is 6. The Labute approximate surface area is 250 Å². The fourth-order valence-electron chi connectivity index (χ4n) is 3.90. The summed E-state index contributed by atoms with van der Waals surface area (Å²) in [6.07, 6.45) is -0.119. The molecule has 224 valence electrons. The maximum Gasteiger partial charge on any atom is 0.336 e. The largest absolute Gasteiger partial charge is 0.494 e. The Kier molecular flexibility index (Phi) is 14.3. The van der Waals surface area contributed by atoms with Crippen LogP contribution < -0.4 is 10.1 Å². The predicted molar refractivity (Wildman–Crippen MR) is 161 cm³/mol. The van der Waals surface area contributed by atoms with Crippen LogP contribution in [0.2, 0.25) is 0 Å². The van der Waals surface area contributed by atoms with Gasteiger partial charge in [0.1, 0.15) is 5.75 Å². The van der Waals surface area contributed by atoms with Crippen molar-refractivity contribution in [3.63, 3.8) is 0 Å². The van der Waals surface area contributed by atoms with Gasteiger partial charge in [0.2, 0.25) is 0 Å². The summed E-state index contributed by atoms with van der Waals surface area (Å²) in [6, 6.07) is 28.6. The first-order valence-corrected chi connectivity index (χ1v) is 13.8. The number of ether oxygens (including phenoxy) is 1. The Bertz CT molecular complexity index is 1300. The number of unbranched alkanes of at least 4 members (excludes halogenated alkanes) is 1. The lowest BCUT2D eigenvalue weighted by atomic mass is 9.95. The number of carboxylic acids is 3. The minimum Gasteiger partial charge on any atom is -0.494 e. The van der Waals surface area contributed by atoms with Gasteiger partial charge in [-0.05, 0) is 54.8 Å². The molecule has 0 aliphatic rings. The van der Waals surface area contributed by atoms with E-state index >= 15 is 0 Å². The number of rotatable bonds is 15. The molecule has 0 spiro atoms. The summed E-state index contributed by atoms with van der Waals surface area (Å²) in [7, 11) is 0. The number of hydrogen-bond donors (Lipinski definition) is 5. The topological polar surface area (TPSA) is 153 Å². The fraction of sp³-hybridized carbons (Fsp3) is 0.281. The van der Waals surface area contributed by atoms with Crippen molar-refractivity contribution in [2.75, 3.05) is 19.7 Å². The number of benzene rings is 3. The predicted octanol–water partition coefficient (Wildman–Crippen LogP) is 5.36. The van der Waals surface area contributed by atoms with Crippen LogP contribution in [0.1, 0.15) is 49.3 Å². The zero-order chi connectivity index (χ0) is 31.0. The molecule has 3 aromatic rings. The maximum atomic E-state index is 10.3. The van der Waals surface area contributed by atoms with Gasteiger partial charge in [0.05, 0.1) is 24.5 Å². The van der Waals surface area contributed by atoms with Gasteiger partial charge < -0.3 is 30.5 Å². The lowest BCUT2D eigenvalue weighted by molar-refractivity contribution is -0.170. The molecule has 42 heavy (non-hydrogen) atoms. The highest BCUT2D eigenvalue weighted by Crippen LogP contribution is 2.35. The molecule has 0 saturated carbocycles. The van der Waals surface area contributed by atoms with Crippen molar-refractivity contribution in [3.8, 4) is 5.75 Å². The second-order valence-corrected chi connectivity index (χ2v) is 9.71. The third-order valence-electron chi connectivity index (χ3n) is 6.00.